The van der Waals surface area contributed by atoms with E-state index in [4.69, 9.17) is 4.74 Å². The van der Waals surface area contributed by atoms with E-state index in [1.165, 1.54) is 32.1 Å². The van der Waals surface area contributed by atoms with Crippen molar-refractivity contribution in [3.63, 3.8) is 0 Å². The maximum atomic E-state index is 12.4. The molecular formula is C20H28N2O2. The molecule has 3 aliphatic carbocycles. The number of carbonyl (C=O) groups is 1. The van der Waals surface area contributed by atoms with Crippen molar-refractivity contribution in [3.8, 4) is 0 Å². The molecule has 4 heteroatoms. The van der Waals surface area contributed by atoms with E-state index in [9.17, 15) is 4.79 Å². The zero-order chi connectivity index (χ0) is 16.5. The summed E-state index contributed by atoms with van der Waals surface area (Å²) in [5.74, 6) is 3.46. The summed E-state index contributed by atoms with van der Waals surface area (Å²) in [6.07, 6.45) is 6.76. The van der Waals surface area contributed by atoms with E-state index < -0.39 is 0 Å². The van der Waals surface area contributed by atoms with Gasteiger partial charge in [0.1, 0.15) is 0 Å². The molecule has 0 unspecified atom stereocenters. The Balaban J connectivity index is 1.30. The summed E-state index contributed by atoms with van der Waals surface area (Å²) < 4.78 is 5.23. The number of carbonyl (C=O) groups excluding carboxylic acids is 1. The molecule has 130 valence electrons. The molecule has 3 saturated carbocycles. The average molecular weight is 328 g/mol. The Morgan fingerprint density at radius 1 is 1.12 bits per heavy atom. The van der Waals surface area contributed by atoms with E-state index in [1.54, 1.807) is 7.11 Å². The third-order valence-electron chi connectivity index (χ3n) is 6.60. The van der Waals surface area contributed by atoms with E-state index >= 15 is 0 Å². The van der Waals surface area contributed by atoms with Gasteiger partial charge < -0.3 is 15.4 Å². The molecule has 0 spiro atoms. The number of ether oxygens (including phenoxy) is 1. The molecule has 4 rings (SSSR count). The van der Waals surface area contributed by atoms with Crippen molar-refractivity contribution in [2.45, 2.75) is 51.3 Å². The van der Waals surface area contributed by atoms with Gasteiger partial charge in [0.05, 0.1) is 6.61 Å². The molecule has 0 saturated heterocycles. The first kappa shape index (κ1) is 15.9. The number of urea groups is 1. The fourth-order valence-corrected chi connectivity index (χ4v) is 5.66. The van der Waals surface area contributed by atoms with Gasteiger partial charge in [-0.25, -0.2) is 4.79 Å². The lowest BCUT2D eigenvalue weighted by Gasteiger charge is -2.32. The molecule has 1 aromatic rings. The van der Waals surface area contributed by atoms with Crippen LogP contribution in [-0.4, -0.2) is 19.2 Å². The SMILES string of the molecule is COCc1ccccc1CNC(=O)N[C@@H]1C[C@H]2C[C@H]1[C@H]1CCC[C@@H]21. The molecule has 0 aliphatic heterocycles. The zero-order valence-corrected chi connectivity index (χ0v) is 14.5. The monoisotopic (exact) mass is 328 g/mol. The summed E-state index contributed by atoms with van der Waals surface area (Å²) in [5.41, 5.74) is 2.26. The highest BCUT2D eigenvalue weighted by Gasteiger charge is 2.53. The third kappa shape index (κ3) is 2.92. The zero-order valence-electron chi connectivity index (χ0n) is 14.5. The normalized spacial score (nSPS) is 33.5. The van der Waals surface area contributed by atoms with E-state index in [1.807, 2.05) is 12.1 Å². The van der Waals surface area contributed by atoms with Crippen LogP contribution in [0.15, 0.2) is 24.3 Å². The summed E-state index contributed by atoms with van der Waals surface area (Å²) in [7, 11) is 1.70. The second-order valence-corrected chi connectivity index (χ2v) is 7.79. The summed E-state index contributed by atoms with van der Waals surface area (Å²) in [5, 5.41) is 6.30. The van der Waals surface area contributed by atoms with Crippen molar-refractivity contribution in [2.75, 3.05) is 7.11 Å². The van der Waals surface area contributed by atoms with Crippen LogP contribution in [0, 0.1) is 23.7 Å². The number of hydrogen-bond acceptors (Lipinski definition) is 2. The molecule has 0 radical (unpaired) electrons. The molecule has 0 heterocycles. The van der Waals surface area contributed by atoms with Crippen molar-refractivity contribution in [2.24, 2.45) is 23.7 Å². The Morgan fingerprint density at radius 3 is 2.75 bits per heavy atom. The van der Waals surface area contributed by atoms with Crippen LogP contribution in [0.2, 0.25) is 0 Å². The summed E-state index contributed by atoms with van der Waals surface area (Å²) in [6, 6.07) is 8.48. The largest absolute Gasteiger partial charge is 0.380 e. The third-order valence-corrected chi connectivity index (χ3v) is 6.60. The minimum absolute atomic E-state index is 0.0192. The van der Waals surface area contributed by atoms with E-state index in [-0.39, 0.29) is 6.03 Å². The quantitative estimate of drug-likeness (QED) is 0.870. The topological polar surface area (TPSA) is 50.4 Å². The fraction of sp³-hybridized carbons (Fsp3) is 0.650. The van der Waals surface area contributed by atoms with Crippen LogP contribution >= 0.6 is 0 Å². The van der Waals surface area contributed by atoms with Crippen LogP contribution in [-0.2, 0) is 17.9 Å². The van der Waals surface area contributed by atoms with Crippen LogP contribution < -0.4 is 10.6 Å². The smallest absolute Gasteiger partial charge is 0.315 e. The van der Waals surface area contributed by atoms with Gasteiger partial charge in [-0.2, -0.15) is 0 Å². The second-order valence-electron chi connectivity index (χ2n) is 7.79. The Hall–Kier alpha value is -1.55. The molecule has 5 atom stereocenters. The van der Waals surface area contributed by atoms with Crippen molar-refractivity contribution in [1.82, 2.24) is 10.6 Å². The predicted molar refractivity (Wildman–Crippen MR) is 93.4 cm³/mol. The average Bonchev–Trinajstić information content (AvgIpc) is 3.27. The Bertz CT molecular complexity index is 603. The first-order valence-electron chi connectivity index (χ1n) is 9.36. The van der Waals surface area contributed by atoms with Gasteiger partial charge in [0.25, 0.3) is 0 Å². The van der Waals surface area contributed by atoms with Crippen LogP contribution in [0.4, 0.5) is 4.79 Å². The van der Waals surface area contributed by atoms with Gasteiger partial charge in [-0.05, 0) is 60.5 Å². The molecule has 24 heavy (non-hydrogen) atoms. The molecule has 0 aromatic heterocycles. The highest BCUT2D eigenvalue weighted by Crippen LogP contribution is 2.58. The maximum absolute atomic E-state index is 12.4. The molecule has 4 nitrogen and oxygen atoms in total. The van der Waals surface area contributed by atoms with Gasteiger partial charge in [0.15, 0.2) is 0 Å². The van der Waals surface area contributed by atoms with Crippen LogP contribution in [0.5, 0.6) is 0 Å². The Labute approximate surface area is 144 Å². The lowest BCUT2D eigenvalue weighted by molar-refractivity contribution is 0.183. The Kier molecular flexibility index (Phi) is 4.49. The molecule has 3 fully saturated rings. The molecule has 2 N–H and O–H groups in total. The lowest BCUT2D eigenvalue weighted by atomic mass is 9.79. The van der Waals surface area contributed by atoms with E-state index in [0.29, 0.717) is 19.2 Å². The first-order chi connectivity index (χ1) is 11.8. The number of fused-ring (bicyclic) bond motifs is 5. The van der Waals surface area contributed by atoms with Crippen LogP contribution in [0.1, 0.15) is 43.2 Å². The van der Waals surface area contributed by atoms with Gasteiger partial charge in [0, 0.05) is 19.7 Å². The first-order valence-corrected chi connectivity index (χ1v) is 9.36. The number of nitrogens with one attached hydrogen (secondary N) is 2. The number of rotatable bonds is 5. The standard InChI is InChI=1S/C20H28N2O2/c1-24-12-14-6-3-2-5-13(14)11-21-20(23)22-19-10-15-9-18(19)17-8-4-7-16(15)17/h2-3,5-6,15-19H,4,7-12H2,1H3,(H2,21,22,23)/t15-,16+,17+,18+,19-/m1/s1. The Morgan fingerprint density at radius 2 is 1.92 bits per heavy atom. The molecule has 2 amide bonds. The number of amides is 2. The van der Waals surface area contributed by atoms with Crippen molar-refractivity contribution < 1.29 is 9.53 Å². The number of benzene rings is 1. The van der Waals surface area contributed by atoms with Crippen molar-refractivity contribution in [1.29, 1.82) is 0 Å². The second kappa shape index (κ2) is 6.75. The van der Waals surface area contributed by atoms with Gasteiger partial charge >= 0.3 is 6.03 Å². The van der Waals surface area contributed by atoms with E-state index in [0.717, 1.165) is 34.8 Å². The van der Waals surface area contributed by atoms with Crippen LogP contribution in [0.3, 0.4) is 0 Å². The number of hydrogen-bond donors (Lipinski definition) is 2. The highest BCUT2D eigenvalue weighted by atomic mass is 16.5. The summed E-state index contributed by atoms with van der Waals surface area (Å²) in [4.78, 5) is 12.4. The molecular weight excluding hydrogens is 300 g/mol. The maximum Gasteiger partial charge on any atom is 0.315 e. The van der Waals surface area contributed by atoms with E-state index in [2.05, 4.69) is 22.8 Å². The van der Waals surface area contributed by atoms with Gasteiger partial charge in [-0.3, -0.25) is 0 Å². The number of methoxy groups -OCH3 is 1. The predicted octanol–water partition coefficient (Wildman–Crippen LogP) is 3.46. The van der Waals surface area contributed by atoms with Crippen LogP contribution in [0.25, 0.3) is 0 Å². The lowest BCUT2D eigenvalue weighted by Crippen LogP contribution is -2.46. The molecule has 2 bridgehead atoms. The summed E-state index contributed by atoms with van der Waals surface area (Å²) in [6.45, 7) is 1.13. The molecule has 3 aliphatic rings. The van der Waals surface area contributed by atoms with Crippen molar-refractivity contribution in [3.05, 3.63) is 35.4 Å². The molecule has 1 aromatic carbocycles. The summed E-state index contributed by atoms with van der Waals surface area (Å²) >= 11 is 0. The van der Waals surface area contributed by atoms with Gasteiger partial charge in [-0.15, -0.1) is 0 Å². The van der Waals surface area contributed by atoms with Gasteiger partial charge in [-0.1, -0.05) is 30.7 Å². The minimum Gasteiger partial charge on any atom is -0.380 e. The highest BCUT2D eigenvalue weighted by molar-refractivity contribution is 5.74. The van der Waals surface area contributed by atoms with Gasteiger partial charge in [0.2, 0.25) is 0 Å². The fourth-order valence-electron chi connectivity index (χ4n) is 5.66. The minimum atomic E-state index is -0.0192. The van der Waals surface area contributed by atoms with Crippen molar-refractivity contribution >= 4 is 6.03 Å².